The first-order valence-electron chi connectivity index (χ1n) is 8.20. The highest BCUT2D eigenvalue weighted by molar-refractivity contribution is 5.88. The van der Waals surface area contributed by atoms with E-state index in [0.717, 1.165) is 30.4 Å². The Morgan fingerprint density at radius 1 is 1.17 bits per heavy atom. The van der Waals surface area contributed by atoms with Gasteiger partial charge in [0.2, 0.25) is 5.91 Å². The van der Waals surface area contributed by atoms with Crippen LogP contribution in [0.5, 0.6) is 0 Å². The van der Waals surface area contributed by atoms with Crippen LogP contribution in [-0.4, -0.2) is 17.6 Å². The molecule has 0 heterocycles. The molecule has 0 aliphatic heterocycles. The minimum absolute atomic E-state index is 0.00690. The van der Waals surface area contributed by atoms with Crippen LogP contribution in [0.1, 0.15) is 42.5 Å². The van der Waals surface area contributed by atoms with Crippen LogP contribution in [0.25, 0.3) is 0 Å². The van der Waals surface area contributed by atoms with Crippen LogP contribution < -0.4 is 5.32 Å². The Kier molecular flexibility index (Phi) is 4.49. The molecule has 0 aromatic heterocycles. The first-order valence-corrected chi connectivity index (χ1v) is 8.20. The standard InChI is InChI=1S/C20H23NO2/c1-20(13-7-11-15-8-5-6-12-17(15)20)19(23)21-18(14-22)16-9-3-2-4-10-16/h2-6,8-10,12,18,22H,7,11,13-14H2,1H3,(H,21,23)/t18-,20?/m1/s1. The second-order valence-corrected chi connectivity index (χ2v) is 6.46. The molecule has 120 valence electrons. The third kappa shape index (κ3) is 3.02. The van der Waals surface area contributed by atoms with Gasteiger partial charge in [0, 0.05) is 0 Å². The number of hydrogen-bond acceptors (Lipinski definition) is 2. The first kappa shape index (κ1) is 15.8. The highest BCUT2D eigenvalue weighted by Crippen LogP contribution is 2.37. The molecule has 0 radical (unpaired) electrons. The second-order valence-electron chi connectivity index (χ2n) is 6.46. The normalized spacial score (nSPS) is 21.3. The maximum Gasteiger partial charge on any atom is 0.230 e. The molecule has 2 aromatic carbocycles. The molecule has 0 saturated heterocycles. The van der Waals surface area contributed by atoms with Crippen molar-refractivity contribution in [2.24, 2.45) is 0 Å². The van der Waals surface area contributed by atoms with Gasteiger partial charge in [0.05, 0.1) is 18.1 Å². The number of nitrogens with one attached hydrogen (secondary N) is 1. The minimum Gasteiger partial charge on any atom is -0.394 e. The largest absolute Gasteiger partial charge is 0.394 e. The summed E-state index contributed by atoms with van der Waals surface area (Å²) in [6, 6.07) is 17.5. The third-order valence-corrected chi connectivity index (χ3v) is 4.93. The first-order chi connectivity index (χ1) is 11.1. The van der Waals surface area contributed by atoms with Gasteiger partial charge in [-0.25, -0.2) is 0 Å². The summed E-state index contributed by atoms with van der Waals surface area (Å²) >= 11 is 0. The Bertz CT molecular complexity index is 683. The van der Waals surface area contributed by atoms with Crippen LogP contribution >= 0.6 is 0 Å². The summed E-state index contributed by atoms with van der Waals surface area (Å²) in [5.74, 6) is -0.00690. The van der Waals surface area contributed by atoms with E-state index < -0.39 is 5.41 Å². The molecule has 0 fully saturated rings. The summed E-state index contributed by atoms with van der Waals surface area (Å²) in [5.41, 5.74) is 2.78. The molecule has 1 aliphatic carbocycles. The molecule has 2 aromatic rings. The van der Waals surface area contributed by atoms with E-state index in [4.69, 9.17) is 0 Å². The molecule has 3 rings (SSSR count). The zero-order valence-corrected chi connectivity index (χ0v) is 13.5. The average Bonchev–Trinajstić information content (AvgIpc) is 2.60. The van der Waals surface area contributed by atoms with Crippen LogP contribution in [0.4, 0.5) is 0 Å². The lowest BCUT2D eigenvalue weighted by atomic mass is 9.70. The van der Waals surface area contributed by atoms with Crippen LogP contribution in [0.3, 0.4) is 0 Å². The summed E-state index contributed by atoms with van der Waals surface area (Å²) in [6.07, 6.45) is 2.88. The van der Waals surface area contributed by atoms with Crippen molar-refractivity contribution in [3.63, 3.8) is 0 Å². The lowest BCUT2D eigenvalue weighted by Gasteiger charge is -2.35. The Hall–Kier alpha value is -2.13. The molecular weight excluding hydrogens is 286 g/mol. The molecule has 0 spiro atoms. The van der Waals surface area contributed by atoms with E-state index in [2.05, 4.69) is 17.4 Å². The fraction of sp³-hybridized carbons (Fsp3) is 0.350. The van der Waals surface area contributed by atoms with Crippen LogP contribution in [0.15, 0.2) is 54.6 Å². The predicted molar refractivity (Wildman–Crippen MR) is 91.1 cm³/mol. The Labute approximate surface area is 137 Å². The molecule has 2 N–H and O–H groups in total. The van der Waals surface area contributed by atoms with Crippen LogP contribution in [-0.2, 0) is 16.6 Å². The van der Waals surface area contributed by atoms with E-state index in [1.165, 1.54) is 5.56 Å². The van der Waals surface area contributed by atoms with Crippen molar-refractivity contribution >= 4 is 5.91 Å². The molecule has 1 amide bonds. The fourth-order valence-corrected chi connectivity index (χ4v) is 3.52. The van der Waals surface area contributed by atoms with Gasteiger partial charge >= 0.3 is 0 Å². The monoisotopic (exact) mass is 309 g/mol. The van der Waals surface area contributed by atoms with Crippen molar-refractivity contribution in [2.75, 3.05) is 6.61 Å². The number of aryl methyl sites for hydroxylation is 1. The number of aliphatic hydroxyl groups excluding tert-OH is 1. The molecule has 1 aliphatic rings. The zero-order chi connectivity index (χ0) is 16.3. The van der Waals surface area contributed by atoms with Gasteiger partial charge in [-0.3, -0.25) is 4.79 Å². The summed E-state index contributed by atoms with van der Waals surface area (Å²) in [5, 5.41) is 12.7. The van der Waals surface area contributed by atoms with Gasteiger partial charge < -0.3 is 10.4 Å². The minimum atomic E-state index is -0.531. The number of benzene rings is 2. The van der Waals surface area contributed by atoms with Gasteiger partial charge in [-0.05, 0) is 42.9 Å². The van der Waals surface area contributed by atoms with Gasteiger partial charge in [-0.15, -0.1) is 0 Å². The number of hydrogen-bond donors (Lipinski definition) is 2. The van der Waals surface area contributed by atoms with Crippen molar-refractivity contribution in [3.8, 4) is 0 Å². The quantitative estimate of drug-likeness (QED) is 0.911. The average molecular weight is 309 g/mol. The Morgan fingerprint density at radius 3 is 2.61 bits per heavy atom. The summed E-state index contributed by atoms with van der Waals surface area (Å²) in [7, 11) is 0. The number of carbonyl (C=O) groups is 1. The summed E-state index contributed by atoms with van der Waals surface area (Å²) in [4.78, 5) is 13.0. The van der Waals surface area contributed by atoms with Gasteiger partial charge in [0.15, 0.2) is 0 Å². The highest BCUT2D eigenvalue weighted by Gasteiger charge is 2.39. The van der Waals surface area contributed by atoms with E-state index in [1.54, 1.807) is 0 Å². The molecule has 2 atom stereocenters. The zero-order valence-electron chi connectivity index (χ0n) is 13.5. The van der Waals surface area contributed by atoms with Gasteiger partial charge in [-0.2, -0.15) is 0 Å². The number of rotatable bonds is 4. The number of aliphatic hydroxyl groups is 1. The second kappa shape index (κ2) is 6.55. The van der Waals surface area contributed by atoms with E-state index in [1.807, 2.05) is 49.4 Å². The molecule has 0 bridgehead atoms. The van der Waals surface area contributed by atoms with Crippen molar-refractivity contribution in [1.82, 2.24) is 5.32 Å². The highest BCUT2D eigenvalue weighted by atomic mass is 16.3. The van der Waals surface area contributed by atoms with Crippen molar-refractivity contribution in [3.05, 3.63) is 71.3 Å². The molecular formula is C20H23NO2. The molecule has 23 heavy (non-hydrogen) atoms. The van der Waals surface area contributed by atoms with E-state index >= 15 is 0 Å². The summed E-state index contributed by atoms with van der Waals surface area (Å²) in [6.45, 7) is 1.91. The Balaban J connectivity index is 1.86. The van der Waals surface area contributed by atoms with Gasteiger partial charge in [0.1, 0.15) is 0 Å². The number of carbonyl (C=O) groups excluding carboxylic acids is 1. The molecule has 0 saturated carbocycles. The maximum absolute atomic E-state index is 13.0. The van der Waals surface area contributed by atoms with Crippen LogP contribution in [0.2, 0.25) is 0 Å². The van der Waals surface area contributed by atoms with Gasteiger partial charge in [-0.1, -0.05) is 54.6 Å². The van der Waals surface area contributed by atoms with Crippen LogP contribution in [0, 0.1) is 0 Å². The fourth-order valence-electron chi connectivity index (χ4n) is 3.52. The lowest BCUT2D eigenvalue weighted by molar-refractivity contribution is -0.127. The SMILES string of the molecule is CC1(C(=O)N[C@H](CO)c2ccccc2)CCCc2ccccc21. The predicted octanol–water partition coefficient (Wildman–Crippen LogP) is 3.13. The Morgan fingerprint density at radius 2 is 1.87 bits per heavy atom. The number of amides is 1. The van der Waals surface area contributed by atoms with E-state index in [9.17, 15) is 9.90 Å². The summed E-state index contributed by atoms with van der Waals surface area (Å²) < 4.78 is 0. The molecule has 3 nitrogen and oxygen atoms in total. The van der Waals surface area contributed by atoms with Gasteiger partial charge in [0.25, 0.3) is 0 Å². The topological polar surface area (TPSA) is 49.3 Å². The lowest BCUT2D eigenvalue weighted by Crippen LogP contribution is -2.46. The van der Waals surface area contributed by atoms with Crippen molar-refractivity contribution in [2.45, 2.75) is 37.6 Å². The number of fused-ring (bicyclic) bond motifs is 1. The smallest absolute Gasteiger partial charge is 0.230 e. The third-order valence-electron chi connectivity index (χ3n) is 4.93. The maximum atomic E-state index is 13.0. The molecule has 3 heteroatoms. The van der Waals surface area contributed by atoms with E-state index in [-0.39, 0.29) is 18.6 Å². The molecule has 1 unspecified atom stereocenters. The van der Waals surface area contributed by atoms with Crippen molar-refractivity contribution in [1.29, 1.82) is 0 Å². The van der Waals surface area contributed by atoms with E-state index in [0.29, 0.717) is 0 Å². The van der Waals surface area contributed by atoms with Crippen molar-refractivity contribution < 1.29 is 9.90 Å².